The number of nitrogens with zero attached hydrogens (tertiary/aromatic N) is 5. The molecule has 0 spiro atoms. The van der Waals surface area contributed by atoms with E-state index >= 15 is 0 Å². The summed E-state index contributed by atoms with van der Waals surface area (Å²) < 4.78 is 1.83. The van der Waals surface area contributed by atoms with Crippen LogP contribution in [0.2, 0.25) is 0 Å². The Morgan fingerprint density at radius 2 is 2.00 bits per heavy atom. The second kappa shape index (κ2) is 5.08. The number of tetrazole rings is 1. The average molecular weight is 267 g/mol. The SMILES string of the molecule is Cn1ccc(C(=O)Cn2nnc(-c3ccccc3)n2)c1. The highest BCUT2D eigenvalue weighted by Gasteiger charge is 2.11. The minimum Gasteiger partial charge on any atom is -0.357 e. The monoisotopic (exact) mass is 267 g/mol. The van der Waals surface area contributed by atoms with E-state index in [-0.39, 0.29) is 12.3 Å². The Morgan fingerprint density at radius 3 is 2.70 bits per heavy atom. The molecule has 0 atom stereocenters. The standard InChI is InChI=1S/C14H13N5O/c1-18-8-7-12(9-18)13(20)10-19-16-14(15-17-19)11-5-3-2-4-6-11/h2-9H,10H2,1H3. The molecule has 0 bridgehead atoms. The molecule has 6 nitrogen and oxygen atoms in total. The summed E-state index contributed by atoms with van der Waals surface area (Å²) in [4.78, 5) is 13.3. The second-order valence-electron chi connectivity index (χ2n) is 4.50. The molecule has 0 amide bonds. The van der Waals surface area contributed by atoms with Crippen molar-refractivity contribution in [2.24, 2.45) is 7.05 Å². The molecule has 3 rings (SSSR count). The van der Waals surface area contributed by atoms with Crippen LogP contribution in [0.15, 0.2) is 48.8 Å². The molecular weight excluding hydrogens is 254 g/mol. The van der Waals surface area contributed by atoms with Crippen molar-refractivity contribution in [2.75, 3.05) is 0 Å². The topological polar surface area (TPSA) is 65.6 Å². The molecule has 0 aliphatic heterocycles. The molecule has 2 heterocycles. The first-order valence-electron chi connectivity index (χ1n) is 6.21. The normalized spacial score (nSPS) is 10.7. The molecule has 20 heavy (non-hydrogen) atoms. The van der Waals surface area contributed by atoms with Crippen LogP contribution in [0.1, 0.15) is 10.4 Å². The van der Waals surface area contributed by atoms with Crippen LogP contribution in [-0.2, 0) is 13.6 Å². The van der Waals surface area contributed by atoms with Crippen LogP contribution in [0.5, 0.6) is 0 Å². The minimum absolute atomic E-state index is 0.0392. The van der Waals surface area contributed by atoms with E-state index in [0.717, 1.165) is 5.56 Å². The summed E-state index contributed by atoms with van der Waals surface area (Å²) in [5, 5.41) is 12.1. The summed E-state index contributed by atoms with van der Waals surface area (Å²) in [5.41, 5.74) is 1.52. The lowest BCUT2D eigenvalue weighted by atomic mass is 10.2. The van der Waals surface area contributed by atoms with E-state index in [9.17, 15) is 4.79 Å². The Hall–Kier alpha value is -2.76. The zero-order valence-electron chi connectivity index (χ0n) is 11.0. The maximum absolute atomic E-state index is 12.0. The Bertz CT molecular complexity index is 729. The number of carbonyl (C=O) groups excluding carboxylic acids is 1. The van der Waals surface area contributed by atoms with E-state index in [4.69, 9.17) is 0 Å². The van der Waals surface area contributed by atoms with Gasteiger partial charge in [-0.1, -0.05) is 30.3 Å². The molecule has 0 radical (unpaired) electrons. The van der Waals surface area contributed by atoms with Crippen molar-refractivity contribution in [3.8, 4) is 11.4 Å². The van der Waals surface area contributed by atoms with Gasteiger partial charge in [-0.05, 0) is 11.3 Å². The van der Waals surface area contributed by atoms with E-state index < -0.39 is 0 Å². The first-order valence-corrected chi connectivity index (χ1v) is 6.21. The van der Waals surface area contributed by atoms with Crippen molar-refractivity contribution in [1.82, 2.24) is 24.8 Å². The van der Waals surface area contributed by atoms with E-state index in [2.05, 4.69) is 15.4 Å². The first kappa shape index (κ1) is 12.3. The summed E-state index contributed by atoms with van der Waals surface area (Å²) in [6, 6.07) is 11.3. The van der Waals surface area contributed by atoms with Crippen LogP contribution in [0.25, 0.3) is 11.4 Å². The average Bonchev–Trinajstić information content (AvgIpc) is 3.09. The van der Waals surface area contributed by atoms with Crippen molar-refractivity contribution < 1.29 is 4.79 Å². The Kier molecular flexibility index (Phi) is 3.12. The Balaban J connectivity index is 1.76. The lowest BCUT2D eigenvalue weighted by Crippen LogP contribution is -2.12. The predicted molar refractivity (Wildman–Crippen MR) is 73.0 cm³/mol. The van der Waals surface area contributed by atoms with E-state index in [1.54, 1.807) is 12.3 Å². The highest BCUT2D eigenvalue weighted by atomic mass is 16.1. The number of benzene rings is 1. The fraction of sp³-hybridized carbons (Fsp3) is 0.143. The van der Waals surface area contributed by atoms with Gasteiger partial charge in [0.2, 0.25) is 5.82 Å². The van der Waals surface area contributed by atoms with Gasteiger partial charge in [0.05, 0.1) is 0 Å². The Morgan fingerprint density at radius 1 is 1.20 bits per heavy atom. The molecule has 0 unspecified atom stereocenters. The van der Waals surface area contributed by atoms with Crippen LogP contribution >= 0.6 is 0 Å². The number of rotatable bonds is 4. The van der Waals surface area contributed by atoms with Gasteiger partial charge in [-0.15, -0.1) is 10.2 Å². The van der Waals surface area contributed by atoms with Crippen LogP contribution in [0.4, 0.5) is 0 Å². The van der Waals surface area contributed by atoms with E-state index in [1.807, 2.05) is 48.1 Å². The lowest BCUT2D eigenvalue weighted by Gasteiger charge is -1.96. The molecule has 100 valence electrons. The van der Waals surface area contributed by atoms with Crippen LogP contribution in [-0.4, -0.2) is 30.6 Å². The van der Waals surface area contributed by atoms with Crippen molar-refractivity contribution in [3.05, 3.63) is 54.4 Å². The maximum Gasteiger partial charge on any atom is 0.204 e. The van der Waals surface area contributed by atoms with Gasteiger partial charge in [0.25, 0.3) is 0 Å². The highest BCUT2D eigenvalue weighted by Crippen LogP contribution is 2.12. The number of hydrogen-bond donors (Lipinski definition) is 0. The third-order valence-electron chi connectivity index (χ3n) is 2.92. The summed E-state index contributed by atoms with van der Waals surface area (Å²) in [6.07, 6.45) is 3.61. The Labute approximate surface area is 115 Å². The van der Waals surface area contributed by atoms with Gasteiger partial charge in [-0.25, -0.2) is 0 Å². The van der Waals surface area contributed by atoms with Gasteiger partial charge in [-0.2, -0.15) is 4.80 Å². The predicted octanol–water partition coefficient (Wildman–Crippen LogP) is 1.56. The number of aromatic nitrogens is 5. The largest absolute Gasteiger partial charge is 0.357 e. The summed E-state index contributed by atoms with van der Waals surface area (Å²) >= 11 is 0. The minimum atomic E-state index is -0.0392. The number of aryl methyl sites for hydroxylation is 1. The third kappa shape index (κ3) is 2.49. The molecule has 0 aliphatic carbocycles. The highest BCUT2D eigenvalue weighted by molar-refractivity contribution is 5.95. The number of hydrogen-bond acceptors (Lipinski definition) is 4. The van der Waals surface area contributed by atoms with Crippen molar-refractivity contribution in [3.63, 3.8) is 0 Å². The zero-order chi connectivity index (χ0) is 13.9. The number of Topliss-reactive ketones (excluding diaryl/α,β-unsaturated/α-hetero) is 1. The van der Waals surface area contributed by atoms with Gasteiger partial charge < -0.3 is 4.57 Å². The van der Waals surface area contributed by atoms with Gasteiger partial charge in [0, 0.05) is 30.6 Å². The summed E-state index contributed by atoms with van der Waals surface area (Å²) in [5.74, 6) is 0.481. The molecule has 0 saturated carbocycles. The quantitative estimate of drug-likeness (QED) is 0.673. The maximum atomic E-state index is 12.0. The molecule has 2 aromatic heterocycles. The second-order valence-corrected chi connectivity index (χ2v) is 4.50. The van der Waals surface area contributed by atoms with Gasteiger partial charge in [0.15, 0.2) is 5.78 Å². The van der Waals surface area contributed by atoms with Crippen molar-refractivity contribution in [1.29, 1.82) is 0 Å². The molecule has 0 N–H and O–H groups in total. The van der Waals surface area contributed by atoms with Crippen LogP contribution in [0, 0.1) is 0 Å². The molecule has 0 fully saturated rings. The fourth-order valence-corrected chi connectivity index (χ4v) is 1.90. The molecule has 1 aromatic carbocycles. The van der Waals surface area contributed by atoms with E-state index in [1.165, 1.54) is 4.80 Å². The number of ketones is 1. The fourth-order valence-electron chi connectivity index (χ4n) is 1.90. The molecular formula is C14H13N5O. The molecule has 0 saturated heterocycles. The summed E-state index contributed by atoms with van der Waals surface area (Å²) in [7, 11) is 1.87. The smallest absolute Gasteiger partial charge is 0.204 e. The van der Waals surface area contributed by atoms with E-state index in [0.29, 0.717) is 11.4 Å². The zero-order valence-corrected chi connectivity index (χ0v) is 11.0. The third-order valence-corrected chi connectivity index (χ3v) is 2.92. The summed E-state index contributed by atoms with van der Waals surface area (Å²) in [6.45, 7) is 0.0871. The van der Waals surface area contributed by atoms with Gasteiger partial charge >= 0.3 is 0 Å². The van der Waals surface area contributed by atoms with Crippen molar-refractivity contribution in [2.45, 2.75) is 6.54 Å². The molecule has 6 heteroatoms. The molecule has 0 aliphatic rings. The van der Waals surface area contributed by atoms with Crippen molar-refractivity contribution >= 4 is 5.78 Å². The first-order chi connectivity index (χ1) is 9.72. The lowest BCUT2D eigenvalue weighted by molar-refractivity contribution is 0.0961. The van der Waals surface area contributed by atoms with Gasteiger partial charge in [-0.3, -0.25) is 4.79 Å². The number of carbonyl (C=O) groups is 1. The molecule has 3 aromatic rings. The van der Waals surface area contributed by atoms with Gasteiger partial charge in [0.1, 0.15) is 6.54 Å². The van der Waals surface area contributed by atoms with Crippen LogP contribution in [0.3, 0.4) is 0 Å². The van der Waals surface area contributed by atoms with Crippen LogP contribution < -0.4 is 0 Å².